The minimum Gasteiger partial charge on any atom is -0.459 e. The smallest absolute Gasteiger partial charge is 0.291 e. The maximum absolute atomic E-state index is 12.1. The van der Waals surface area contributed by atoms with Crippen LogP contribution >= 0.6 is 11.6 Å². The summed E-state index contributed by atoms with van der Waals surface area (Å²) >= 11 is 5.98. The monoisotopic (exact) mass is 350 g/mol. The summed E-state index contributed by atoms with van der Waals surface area (Å²) in [7, 11) is 0. The lowest BCUT2D eigenvalue weighted by atomic mass is 10.2. The molecule has 0 saturated carbocycles. The lowest BCUT2D eigenvalue weighted by molar-refractivity contribution is -0.116. The van der Waals surface area contributed by atoms with Crippen molar-refractivity contribution in [1.29, 1.82) is 0 Å². The van der Waals surface area contributed by atoms with Crippen molar-refractivity contribution < 1.29 is 18.7 Å². The molecule has 1 heterocycles. The zero-order chi connectivity index (χ0) is 17.4. The van der Waals surface area contributed by atoms with Gasteiger partial charge in [0.05, 0.1) is 17.6 Å². The van der Waals surface area contributed by atoms with Gasteiger partial charge in [0, 0.05) is 24.7 Å². The van der Waals surface area contributed by atoms with Crippen LogP contribution in [0, 0.1) is 0 Å². The number of rotatable bonds is 8. The zero-order valence-corrected chi connectivity index (χ0v) is 14.1. The Hall–Kier alpha value is -2.31. The molecule has 0 atom stereocenters. The first-order valence-corrected chi connectivity index (χ1v) is 8.00. The fourth-order valence-electron chi connectivity index (χ4n) is 2.01. The molecule has 2 amide bonds. The minimum absolute atomic E-state index is 0.162. The molecular formula is C17H19ClN2O4. The maximum Gasteiger partial charge on any atom is 0.291 e. The van der Waals surface area contributed by atoms with Crippen LogP contribution in [-0.4, -0.2) is 25.0 Å². The molecule has 1 aromatic carbocycles. The largest absolute Gasteiger partial charge is 0.459 e. The van der Waals surface area contributed by atoms with Gasteiger partial charge in [-0.15, -0.1) is 0 Å². The minimum atomic E-state index is -0.422. The molecule has 24 heavy (non-hydrogen) atoms. The number of carbonyl (C=O) groups is 2. The highest BCUT2D eigenvalue weighted by Crippen LogP contribution is 2.26. The van der Waals surface area contributed by atoms with Crippen molar-refractivity contribution in [2.24, 2.45) is 0 Å². The Bertz CT molecular complexity index is 686. The van der Waals surface area contributed by atoms with Gasteiger partial charge in [-0.2, -0.15) is 0 Å². The Morgan fingerprint density at radius 3 is 2.75 bits per heavy atom. The molecule has 0 spiro atoms. The van der Waals surface area contributed by atoms with E-state index in [4.69, 9.17) is 20.8 Å². The SMILES string of the molecule is CCOCCCC(=O)Nc1ccc(Cl)cc1NC(=O)c1ccco1. The summed E-state index contributed by atoms with van der Waals surface area (Å²) in [4.78, 5) is 24.1. The highest BCUT2D eigenvalue weighted by Gasteiger charge is 2.13. The normalized spacial score (nSPS) is 10.4. The highest BCUT2D eigenvalue weighted by molar-refractivity contribution is 6.31. The Kier molecular flexibility index (Phi) is 6.84. The van der Waals surface area contributed by atoms with E-state index >= 15 is 0 Å². The van der Waals surface area contributed by atoms with Crippen LogP contribution in [0.1, 0.15) is 30.3 Å². The molecule has 0 aliphatic carbocycles. The van der Waals surface area contributed by atoms with Crippen molar-refractivity contribution in [2.75, 3.05) is 23.8 Å². The van der Waals surface area contributed by atoms with Gasteiger partial charge in [-0.05, 0) is 43.7 Å². The summed E-state index contributed by atoms with van der Waals surface area (Å²) in [5, 5.41) is 5.89. The molecule has 2 aromatic rings. The quantitative estimate of drug-likeness (QED) is 0.706. The summed E-state index contributed by atoms with van der Waals surface area (Å²) in [6.45, 7) is 3.07. The number of halogens is 1. The molecule has 0 fully saturated rings. The van der Waals surface area contributed by atoms with E-state index in [-0.39, 0.29) is 11.7 Å². The number of hydrogen-bond acceptors (Lipinski definition) is 4. The first-order valence-electron chi connectivity index (χ1n) is 7.62. The molecular weight excluding hydrogens is 332 g/mol. The van der Waals surface area contributed by atoms with E-state index in [0.29, 0.717) is 42.5 Å². The van der Waals surface area contributed by atoms with Gasteiger partial charge in [-0.1, -0.05) is 11.6 Å². The number of nitrogens with one attached hydrogen (secondary N) is 2. The number of amides is 2. The number of hydrogen-bond donors (Lipinski definition) is 2. The molecule has 0 radical (unpaired) electrons. The van der Waals surface area contributed by atoms with Crippen LogP contribution in [0.15, 0.2) is 41.0 Å². The molecule has 2 rings (SSSR count). The Balaban J connectivity index is 2.01. The fraction of sp³-hybridized carbons (Fsp3) is 0.294. The van der Waals surface area contributed by atoms with Crippen molar-refractivity contribution in [2.45, 2.75) is 19.8 Å². The summed E-state index contributed by atoms with van der Waals surface area (Å²) in [5.74, 6) is -0.413. The van der Waals surface area contributed by atoms with Crippen LogP contribution in [0.5, 0.6) is 0 Å². The number of anilines is 2. The van der Waals surface area contributed by atoms with E-state index in [1.54, 1.807) is 30.3 Å². The van der Waals surface area contributed by atoms with Crippen molar-refractivity contribution in [3.05, 3.63) is 47.4 Å². The summed E-state index contributed by atoms with van der Waals surface area (Å²) in [6, 6.07) is 8.01. The van der Waals surface area contributed by atoms with Crippen LogP contribution in [0.2, 0.25) is 5.02 Å². The topological polar surface area (TPSA) is 80.6 Å². The van der Waals surface area contributed by atoms with Gasteiger partial charge in [0.25, 0.3) is 5.91 Å². The lowest BCUT2D eigenvalue weighted by Crippen LogP contribution is -2.16. The van der Waals surface area contributed by atoms with E-state index in [1.807, 2.05) is 6.92 Å². The average Bonchev–Trinajstić information content (AvgIpc) is 3.09. The molecule has 0 aliphatic rings. The molecule has 0 saturated heterocycles. The standard InChI is InChI=1S/C17H19ClN2O4/c1-2-23-9-4-6-16(21)19-13-8-7-12(18)11-14(13)20-17(22)15-5-3-10-24-15/h3,5,7-8,10-11H,2,4,6,9H2,1H3,(H,19,21)(H,20,22). The summed E-state index contributed by atoms with van der Waals surface area (Å²) in [6.07, 6.45) is 2.36. The number of ether oxygens (including phenoxy) is 1. The van der Waals surface area contributed by atoms with Gasteiger partial charge >= 0.3 is 0 Å². The van der Waals surface area contributed by atoms with Crippen LogP contribution < -0.4 is 10.6 Å². The third kappa shape index (κ3) is 5.40. The Morgan fingerprint density at radius 1 is 1.21 bits per heavy atom. The van der Waals surface area contributed by atoms with E-state index in [9.17, 15) is 9.59 Å². The fourth-order valence-corrected chi connectivity index (χ4v) is 2.18. The molecule has 128 valence electrons. The van der Waals surface area contributed by atoms with E-state index in [0.717, 1.165) is 0 Å². The third-order valence-corrected chi connectivity index (χ3v) is 3.38. The van der Waals surface area contributed by atoms with Gasteiger partial charge in [0.15, 0.2) is 5.76 Å². The van der Waals surface area contributed by atoms with Gasteiger partial charge in [-0.3, -0.25) is 9.59 Å². The Labute approximate surface area is 145 Å². The maximum atomic E-state index is 12.1. The van der Waals surface area contributed by atoms with Crippen LogP contribution in [0.4, 0.5) is 11.4 Å². The first-order chi connectivity index (χ1) is 11.6. The third-order valence-electron chi connectivity index (χ3n) is 3.15. The van der Waals surface area contributed by atoms with Gasteiger partial charge in [-0.25, -0.2) is 0 Å². The van der Waals surface area contributed by atoms with Crippen molar-refractivity contribution in [3.63, 3.8) is 0 Å². The molecule has 7 heteroatoms. The number of furan rings is 1. The molecule has 0 bridgehead atoms. The molecule has 6 nitrogen and oxygen atoms in total. The molecule has 1 aromatic heterocycles. The lowest BCUT2D eigenvalue weighted by Gasteiger charge is -2.12. The van der Waals surface area contributed by atoms with Crippen LogP contribution in [0.25, 0.3) is 0 Å². The van der Waals surface area contributed by atoms with Crippen LogP contribution in [-0.2, 0) is 9.53 Å². The average molecular weight is 351 g/mol. The second kappa shape index (κ2) is 9.10. The predicted octanol–water partition coefficient (Wildman–Crippen LogP) is 3.94. The van der Waals surface area contributed by atoms with Gasteiger partial charge in [0.2, 0.25) is 5.91 Å². The predicted molar refractivity (Wildman–Crippen MR) is 92.5 cm³/mol. The van der Waals surface area contributed by atoms with Crippen molar-refractivity contribution >= 4 is 34.8 Å². The molecule has 0 unspecified atom stereocenters. The highest BCUT2D eigenvalue weighted by atomic mass is 35.5. The summed E-state index contributed by atoms with van der Waals surface area (Å²) in [5.41, 5.74) is 0.878. The van der Waals surface area contributed by atoms with Gasteiger partial charge < -0.3 is 19.8 Å². The first kappa shape index (κ1) is 18.0. The van der Waals surface area contributed by atoms with Crippen molar-refractivity contribution in [3.8, 4) is 0 Å². The van der Waals surface area contributed by atoms with Crippen LogP contribution in [0.3, 0.4) is 0 Å². The molecule has 0 aliphatic heterocycles. The zero-order valence-electron chi connectivity index (χ0n) is 13.3. The Morgan fingerprint density at radius 2 is 2.04 bits per heavy atom. The van der Waals surface area contributed by atoms with Crippen molar-refractivity contribution in [1.82, 2.24) is 0 Å². The number of carbonyl (C=O) groups excluding carboxylic acids is 2. The van der Waals surface area contributed by atoms with E-state index < -0.39 is 5.91 Å². The second-order valence-electron chi connectivity index (χ2n) is 4.97. The van der Waals surface area contributed by atoms with E-state index in [1.165, 1.54) is 6.26 Å². The number of benzene rings is 1. The molecule has 2 N–H and O–H groups in total. The van der Waals surface area contributed by atoms with Gasteiger partial charge in [0.1, 0.15) is 0 Å². The van der Waals surface area contributed by atoms with E-state index in [2.05, 4.69) is 10.6 Å². The second-order valence-corrected chi connectivity index (χ2v) is 5.41. The summed E-state index contributed by atoms with van der Waals surface area (Å²) < 4.78 is 10.3.